The first-order valence-corrected chi connectivity index (χ1v) is 7.00. The number of benzene rings is 1. The molecule has 15 heavy (non-hydrogen) atoms. The fraction of sp³-hybridized carbons (Fsp3) is 0.400. The molecule has 0 fully saturated rings. The van der Waals surface area contributed by atoms with Crippen molar-refractivity contribution in [3.63, 3.8) is 0 Å². The molecule has 2 rings (SSSR count). The summed E-state index contributed by atoms with van der Waals surface area (Å²) >= 11 is 0. The zero-order chi connectivity index (χ0) is 11.2. The molecule has 0 radical (unpaired) electrons. The average Bonchev–Trinajstić information content (AvgIpc) is 2.41. The van der Waals surface area contributed by atoms with E-state index < -0.39 is 9.05 Å². The van der Waals surface area contributed by atoms with Crippen LogP contribution in [-0.2, 0) is 9.05 Å². The maximum absolute atomic E-state index is 11.2. The van der Waals surface area contributed by atoms with Crippen molar-refractivity contribution in [3.05, 3.63) is 23.8 Å². The zero-order valence-electron chi connectivity index (χ0n) is 8.57. The molecule has 82 valence electrons. The van der Waals surface area contributed by atoms with Gasteiger partial charge in [0.2, 0.25) is 0 Å². The van der Waals surface area contributed by atoms with Crippen molar-refractivity contribution in [2.24, 2.45) is 0 Å². The van der Waals surface area contributed by atoms with Crippen LogP contribution in [0.25, 0.3) is 0 Å². The summed E-state index contributed by atoms with van der Waals surface area (Å²) < 4.78 is 22.3. The van der Waals surface area contributed by atoms with Crippen LogP contribution in [-0.4, -0.2) is 22.0 Å². The molecule has 1 aromatic carbocycles. The van der Waals surface area contributed by atoms with Gasteiger partial charge in [0.25, 0.3) is 9.05 Å². The summed E-state index contributed by atoms with van der Waals surface area (Å²) in [5, 5.41) is 0. The lowest BCUT2D eigenvalue weighted by Gasteiger charge is -2.12. The predicted octanol–water partition coefficient (Wildman–Crippen LogP) is 2.17. The third kappa shape index (κ3) is 1.84. The smallest absolute Gasteiger partial charge is 0.261 e. The number of nitrogens with zero attached hydrogens (tertiary/aromatic N) is 1. The van der Waals surface area contributed by atoms with Gasteiger partial charge in [0, 0.05) is 35.9 Å². The van der Waals surface area contributed by atoms with Crippen LogP contribution >= 0.6 is 10.7 Å². The van der Waals surface area contributed by atoms with Gasteiger partial charge in [-0.05, 0) is 17.7 Å². The minimum atomic E-state index is -3.62. The second-order valence-electron chi connectivity index (χ2n) is 3.94. The SMILES string of the molecule is CC1CN(C)c2cc(S(=O)(=O)Cl)ccc21. The van der Waals surface area contributed by atoms with Gasteiger partial charge in [0.05, 0.1) is 4.90 Å². The van der Waals surface area contributed by atoms with E-state index in [2.05, 4.69) is 6.92 Å². The molecule has 0 aromatic heterocycles. The lowest BCUT2D eigenvalue weighted by Crippen LogP contribution is -2.14. The monoisotopic (exact) mass is 245 g/mol. The van der Waals surface area contributed by atoms with Crippen LogP contribution in [0.1, 0.15) is 18.4 Å². The van der Waals surface area contributed by atoms with Gasteiger partial charge >= 0.3 is 0 Å². The molecule has 1 aliphatic rings. The molecular weight excluding hydrogens is 234 g/mol. The molecule has 1 aromatic rings. The van der Waals surface area contributed by atoms with E-state index in [4.69, 9.17) is 10.7 Å². The first-order chi connectivity index (χ1) is 6.89. The van der Waals surface area contributed by atoms with Gasteiger partial charge in [0.15, 0.2) is 0 Å². The Balaban J connectivity index is 2.57. The van der Waals surface area contributed by atoms with Gasteiger partial charge in [-0.3, -0.25) is 0 Å². The van der Waals surface area contributed by atoms with Crippen molar-refractivity contribution < 1.29 is 8.42 Å². The molecular formula is C10H12ClNO2S. The zero-order valence-corrected chi connectivity index (χ0v) is 10.1. The Labute approximate surface area is 94.1 Å². The third-order valence-electron chi connectivity index (χ3n) is 2.77. The maximum Gasteiger partial charge on any atom is 0.261 e. The summed E-state index contributed by atoms with van der Waals surface area (Å²) in [6.07, 6.45) is 0. The minimum absolute atomic E-state index is 0.170. The van der Waals surface area contributed by atoms with Crippen molar-refractivity contribution >= 4 is 25.4 Å². The van der Waals surface area contributed by atoms with Crippen LogP contribution in [0.15, 0.2) is 23.1 Å². The second-order valence-corrected chi connectivity index (χ2v) is 6.51. The molecule has 0 saturated carbocycles. The van der Waals surface area contributed by atoms with Crippen molar-refractivity contribution in [2.45, 2.75) is 17.7 Å². The van der Waals surface area contributed by atoms with Crippen LogP contribution in [0.3, 0.4) is 0 Å². The lowest BCUT2D eigenvalue weighted by molar-refractivity contribution is 0.609. The Morgan fingerprint density at radius 3 is 2.73 bits per heavy atom. The average molecular weight is 246 g/mol. The van der Waals surface area contributed by atoms with Gasteiger partial charge in [-0.15, -0.1) is 0 Å². The van der Waals surface area contributed by atoms with E-state index in [1.807, 2.05) is 18.0 Å². The van der Waals surface area contributed by atoms with Crippen molar-refractivity contribution in [1.29, 1.82) is 0 Å². The predicted molar refractivity (Wildman–Crippen MR) is 61.2 cm³/mol. The molecule has 1 aliphatic heterocycles. The number of anilines is 1. The van der Waals surface area contributed by atoms with Gasteiger partial charge in [-0.25, -0.2) is 8.42 Å². The van der Waals surface area contributed by atoms with E-state index in [-0.39, 0.29) is 4.90 Å². The molecule has 0 bridgehead atoms. The molecule has 5 heteroatoms. The van der Waals surface area contributed by atoms with E-state index in [0.29, 0.717) is 5.92 Å². The first-order valence-electron chi connectivity index (χ1n) is 4.69. The second kappa shape index (κ2) is 3.39. The Kier molecular flexibility index (Phi) is 2.43. The highest BCUT2D eigenvalue weighted by molar-refractivity contribution is 8.13. The lowest BCUT2D eigenvalue weighted by atomic mass is 10.0. The topological polar surface area (TPSA) is 37.4 Å². The highest BCUT2D eigenvalue weighted by Crippen LogP contribution is 2.36. The largest absolute Gasteiger partial charge is 0.374 e. The Morgan fingerprint density at radius 1 is 1.47 bits per heavy atom. The van der Waals surface area contributed by atoms with Gasteiger partial charge in [-0.2, -0.15) is 0 Å². The molecule has 3 nitrogen and oxygen atoms in total. The molecule has 0 amide bonds. The molecule has 1 unspecified atom stereocenters. The number of halogens is 1. The molecule has 1 atom stereocenters. The van der Waals surface area contributed by atoms with Crippen molar-refractivity contribution in [1.82, 2.24) is 0 Å². The van der Waals surface area contributed by atoms with Gasteiger partial charge < -0.3 is 4.90 Å². The number of likely N-dealkylation sites (N-methyl/N-ethyl adjacent to an activating group) is 1. The molecule has 0 aliphatic carbocycles. The fourth-order valence-corrected chi connectivity index (χ4v) is 2.80. The van der Waals surface area contributed by atoms with E-state index in [0.717, 1.165) is 12.2 Å². The highest BCUT2D eigenvalue weighted by atomic mass is 35.7. The Hall–Kier alpha value is -0.740. The summed E-state index contributed by atoms with van der Waals surface area (Å²) in [6.45, 7) is 3.04. The van der Waals surface area contributed by atoms with E-state index in [9.17, 15) is 8.42 Å². The quantitative estimate of drug-likeness (QED) is 0.712. The number of hydrogen-bond acceptors (Lipinski definition) is 3. The van der Waals surface area contributed by atoms with Gasteiger partial charge in [0.1, 0.15) is 0 Å². The standard InChI is InChI=1S/C10H12ClNO2S/c1-7-6-12(2)10-5-8(15(11,13)14)3-4-9(7)10/h3-5,7H,6H2,1-2H3. The highest BCUT2D eigenvalue weighted by Gasteiger charge is 2.24. The summed E-state index contributed by atoms with van der Waals surface area (Å²) in [6, 6.07) is 5.05. The Bertz CT molecular complexity index is 498. The molecule has 0 saturated heterocycles. The summed E-state index contributed by atoms with van der Waals surface area (Å²) in [4.78, 5) is 2.22. The fourth-order valence-electron chi connectivity index (χ4n) is 2.03. The van der Waals surface area contributed by atoms with Crippen LogP contribution in [0.4, 0.5) is 5.69 Å². The normalized spacial score (nSPS) is 20.5. The van der Waals surface area contributed by atoms with Crippen LogP contribution in [0.5, 0.6) is 0 Å². The summed E-state index contributed by atoms with van der Waals surface area (Å²) in [5.41, 5.74) is 2.14. The van der Waals surface area contributed by atoms with E-state index >= 15 is 0 Å². The van der Waals surface area contributed by atoms with E-state index in [1.165, 1.54) is 5.56 Å². The van der Waals surface area contributed by atoms with E-state index in [1.54, 1.807) is 12.1 Å². The third-order valence-corrected chi connectivity index (χ3v) is 4.12. The van der Waals surface area contributed by atoms with Crippen LogP contribution < -0.4 is 4.90 Å². The minimum Gasteiger partial charge on any atom is -0.374 e. The first kappa shape index (κ1) is 10.8. The van der Waals surface area contributed by atoms with Crippen LogP contribution in [0.2, 0.25) is 0 Å². The Morgan fingerprint density at radius 2 is 2.13 bits per heavy atom. The van der Waals surface area contributed by atoms with Crippen molar-refractivity contribution in [2.75, 3.05) is 18.5 Å². The van der Waals surface area contributed by atoms with Crippen molar-refractivity contribution in [3.8, 4) is 0 Å². The number of fused-ring (bicyclic) bond motifs is 1. The summed E-state index contributed by atoms with van der Waals surface area (Å²) in [7, 11) is 3.63. The molecule has 0 N–H and O–H groups in total. The maximum atomic E-state index is 11.2. The number of rotatable bonds is 1. The molecule has 1 heterocycles. The summed E-state index contributed by atoms with van der Waals surface area (Å²) in [5.74, 6) is 0.442. The van der Waals surface area contributed by atoms with Gasteiger partial charge in [-0.1, -0.05) is 13.0 Å². The molecule has 0 spiro atoms. The number of hydrogen-bond donors (Lipinski definition) is 0. The van der Waals surface area contributed by atoms with Crippen LogP contribution in [0, 0.1) is 0 Å².